The van der Waals surface area contributed by atoms with Crippen molar-refractivity contribution in [1.82, 2.24) is 4.57 Å². The number of nitrogens with one attached hydrogen (secondary N) is 1. The molecule has 0 atom stereocenters. The fourth-order valence-electron chi connectivity index (χ4n) is 7.10. The lowest BCUT2D eigenvalue weighted by molar-refractivity contribution is 0.661. The quantitative estimate of drug-likeness (QED) is 0.216. The summed E-state index contributed by atoms with van der Waals surface area (Å²) in [5.41, 5.74) is 13.6. The molecule has 1 aliphatic carbocycles. The van der Waals surface area contributed by atoms with Crippen LogP contribution in [0.15, 0.2) is 131 Å². The van der Waals surface area contributed by atoms with Crippen LogP contribution in [0.2, 0.25) is 5.02 Å². The number of nitrogens with zero attached hydrogens (tertiary/aromatic N) is 1. The van der Waals surface area contributed by atoms with Crippen molar-refractivity contribution in [2.24, 2.45) is 0 Å². The Morgan fingerprint density at radius 3 is 2.28 bits per heavy atom. The topological polar surface area (TPSA) is 17.0 Å². The molecule has 9 rings (SSSR count). The van der Waals surface area contributed by atoms with Crippen molar-refractivity contribution in [2.75, 3.05) is 5.32 Å². The van der Waals surface area contributed by atoms with Crippen LogP contribution in [0.4, 0.5) is 11.4 Å². The first kappa shape index (κ1) is 25.1. The van der Waals surface area contributed by atoms with E-state index in [4.69, 9.17) is 11.6 Å². The molecule has 206 valence electrons. The highest BCUT2D eigenvalue weighted by Crippen LogP contribution is 2.52. The minimum atomic E-state index is -0.0546. The lowest BCUT2D eigenvalue weighted by Crippen LogP contribution is -2.14. The van der Waals surface area contributed by atoms with Crippen LogP contribution in [0.1, 0.15) is 25.0 Å². The average Bonchev–Trinajstić information content (AvgIpc) is 3.47. The maximum absolute atomic E-state index is 6.49. The molecule has 1 aliphatic heterocycles. The minimum absolute atomic E-state index is 0.0546. The summed E-state index contributed by atoms with van der Waals surface area (Å²) in [6.07, 6.45) is 0. The molecule has 0 radical (unpaired) electrons. The van der Waals surface area contributed by atoms with Gasteiger partial charge in [-0.05, 0) is 94.0 Å². The molecule has 0 spiro atoms. The summed E-state index contributed by atoms with van der Waals surface area (Å²) < 4.78 is 2.43. The maximum atomic E-state index is 6.49. The van der Waals surface area contributed by atoms with Crippen molar-refractivity contribution in [3.05, 3.63) is 137 Å². The van der Waals surface area contributed by atoms with Crippen molar-refractivity contribution in [1.29, 1.82) is 0 Å². The SMILES string of the molecule is CC1(C)c2ccccc2-c2cc3c4cc(-c5ccc6c(c5)Sc5cccc(Cl)c5N6)ccc4n(-c4ccccc4)c3cc21. The summed E-state index contributed by atoms with van der Waals surface area (Å²) in [6.45, 7) is 4.71. The second-order valence-corrected chi connectivity index (χ2v) is 13.5. The van der Waals surface area contributed by atoms with Crippen molar-refractivity contribution in [3.63, 3.8) is 0 Å². The van der Waals surface area contributed by atoms with Crippen molar-refractivity contribution < 1.29 is 0 Å². The van der Waals surface area contributed by atoms with E-state index in [2.05, 4.69) is 133 Å². The predicted molar refractivity (Wildman–Crippen MR) is 183 cm³/mol. The number of benzene rings is 6. The van der Waals surface area contributed by atoms with Crippen LogP contribution < -0.4 is 5.32 Å². The molecule has 7 aromatic rings. The number of hydrogen-bond donors (Lipinski definition) is 1. The Bertz CT molecular complexity index is 2280. The van der Waals surface area contributed by atoms with Crippen LogP contribution in [-0.2, 0) is 5.41 Å². The molecule has 43 heavy (non-hydrogen) atoms. The number of para-hydroxylation sites is 2. The highest BCUT2D eigenvalue weighted by molar-refractivity contribution is 7.99. The van der Waals surface area contributed by atoms with E-state index in [1.807, 2.05) is 12.1 Å². The Hall–Kier alpha value is -4.44. The molecule has 0 saturated heterocycles. The summed E-state index contributed by atoms with van der Waals surface area (Å²) in [5, 5.41) is 6.84. The lowest BCUT2D eigenvalue weighted by Gasteiger charge is -2.22. The van der Waals surface area contributed by atoms with Crippen LogP contribution in [0, 0.1) is 0 Å². The molecule has 0 unspecified atom stereocenters. The van der Waals surface area contributed by atoms with Crippen LogP contribution in [0.5, 0.6) is 0 Å². The van der Waals surface area contributed by atoms with Gasteiger partial charge in [0.25, 0.3) is 0 Å². The third kappa shape index (κ3) is 3.62. The second kappa shape index (κ2) is 9.03. The van der Waals surface area contributed by atoms with Gasteiger partial charge in [0, 0.05) is 31.7 Å². The fraction of sp³-hybridized carbons (Fsp3) is 0.0769. The summed E-state index contributed by atoms with van der Waals surface area (Å²) >= 11 is 8.25. The normalized spacial score (nSPS) is 14.2. The molecule has 2 heterocycles. The summed E-state index contributed by atoms with van der Waals surface area (Å²) in [5.74, 6) is 0. The van der Waals surface area contributed by atoms with Gasteiger partial charge in [-0.25, -0.2) is 0 Å². The van der Waals surface area contributed by atoms with Gasteiger partial charge in [0.05, 0.1) is 27.4 Å². The first-order valence-electron chi connectivity index (χ1n) is 14.6. The molecule has 1 aromatic heterocycles. The van der Waals surface area contributed by atoms with Gasteiger partial charge in [-0.15, -0.1) is 0 Å². The van der Waals surface area contributed by atoms with Crippen LogP contribution in [0.3, 0.4) is 0 Å². The third-order valence-electron chi connectivity index (χ3n) is 9.25. The molecule has 4 heteroatoms. The van der Waals surface area contributed by atoms with E-state index in [1.165, 1.54) is 65.8 Å². The molecular weight excluding hydrogens is 564 g/mol. The number of fused-ring (bicyclic) bond motifs is 8. The largest absolute Gasteiger partial charge is 0.352 e. The highest BCUT2D eigenvalue weighted by Gasteiger charge is 2.36. The van der Waals surface area contributed by atoms with Gasteiger partial charge in [-0.1, -0.05) is 97.9 Å². The van der Waals surface area contributed by atoms with Gasteiger partial charge in [0.2, 0.25) is 0 Å². The molecule has 0 bridgehead atoms. The van der Waals surface area contributed by atoms with Crippen molar-refractivity contribution in [3.8, 4) is 27.9 Å². The minimum Gasteiger partial charge on any atom is -0.352 e. The smallest absolute Gasteiger partial charge is 0.0715 e. The van der Waals surface area contributed by atoms with E-state index in [0.717, 1.165) is 21.3 Å². The fourth-order valence-corrected chi connectivity index (χ4v) is 8.44. The number of anilines is 2. The Balaban J connectivity index is 1.26. The van der Waals surface area contributed by atoms with Crippen LogP contribution in [-0.4, -0.2) is 4.57 Å². The first-order chi connectivity index (χ1) is 21.0. The molecule has 2 nitrogen and oxygen atoms in total. The van der Waals surface area contributed by atoms with E-state index >= 15 is 0 Å². The van der Waals surface area contributed by atoms with E-state index in [9.17, 15) is 0 Å². The summed E-state index contributed by atoms with van der Waals surface area (Å²) in [4.78, 5) is 2.35. The number of aromatic nitrogens is 1. The van der Waals surface area contributed by atoms with Crippen LogP contribution in [0.25, 0.3) is 49.7 Å². The van der Waals surface area contributed by atoms with Gasteiger partial charge in [0.1, 0.15) is 0 Å². The maximum Gasteiger partial charge on any atom is 0.0715 e. The van der Waals surface area contributed by atoms with Crippen molar-refractivity contribution in [2.45, 2.75) is 29.1 Å². The number of hydrogen-bond acceptors (Lipinski definition) is 2. The molecule has 0 saturated carbocycles. The van der Waals surface area contributed by atoms with E-state index in [0.29, 0.717) is 0 Å². The Morgan fingerprint density at radius 2 is 1.40 bits per heavy atom. The second-order valence-electron chi connectivity index (χ2n) is 12.0. The Labute approximate surface area is 260 Å². The Kier molecular flexibility index (Phi) is 5.27. The molecular formula is C39H27ClN2S. The van der Waals surface area contributed by atoms with E-state index in [-0.39, 0.29) is 5.41 Å². The summed E-state index contributed by atoms with van der Waals surface area (Å²) in [7, 11) is 0. The zero-order valence-corrected chi connectivity index (χ0v) is 25.4. The molecule has 0 amide bonds. The van der Waals surface area contributed by atoms with Gasteiger partial charge in [-0.2, -0.15) is 0 Å². The van der Waals surface area contributed by atoms with Gasteiger partial charge < -0.3 is 9.88 Å². The van der Waals surface area contributed by atoms with E-state index in [1.54, 1.807) is 11.8 Å². The number of halogens is 1. The average molecular weight is 591 g/mol. The van der Waals surface area contributed by atoms with Gasteiger partial charge in [-0.3, -0.25) is 0 Å². The predicted octanol–water partition coefficient (Wildman–Crippen LogP) is 11.6. The lowest BCUT2D eigenvalue weighted by atomic mass is 9.82. The monoisotopic (exact) mass is 590 g/mol. The third-order valence-corrected chi connectivity index (χ3v) is 10.7. The van der Waals surface area contributed by atoms with Gasteiger partial charge in [0.15, 0.2) is 0 Å². The van der Waals surface area contributed by atoms with E-state index < -0.39 is 0 Å². The molecule has 0 fully saturated rings. The standard InChI is InChI=1S/C39H27ClN2S/c1-39(2)30-12-7-6-11-26(30)27-21-29-28-19-23(16-18-34(28)42(35(29)22-31(27)39)25-9-4-3-5-10-25)24-15-17-33-37(20-24)43-36-14-8-13-32(40)38(36)41-33/h3-22,41H,1-2H3. The van der Waals surface area contributed by atoms with Gasteiger partial charge >= 0.3 is 0 Å². The van der Waals surface area contributed by atoms with Crippen molar-refractivity contribution >= 4 is 56.5 Å². The molecule has 1 N–H and O–H groups in total. The first-order valence-corrected chi connectivity index (χ1v) is 15.8. The highest BCUT2D eigenvalue weighted by atomic mass is 35.5. The Morgan fingerprint density at radius 1 is 0.628 bits per heavy atom. The zero-order chi connectivity index (χ0) is 28.9. The molecule has 6 aromatic carbocycles. The van der Waals surface area contributed by atoms with Crippen LogP contribution >= 0.6 is 23.4 Å². The number of rotatable bonds is 2. The zero-order valence-electron chi connectivity index (χ0n) is 23.8. The summed E-state index contributed by atoms with van der Waals surface area (Å²) in [6, 6.07) is 44.2. The molecule has 2 aliphatic rings.